The van der Waals surface area contributed by atoms with Crippen LogP contribution in [0.3, 0.4) is 0 Å². The molecule has 2 aromatic carbocycles. The van der Waals surface area contributed by atoms with Crippen LogP contribution in [-0.4, -0.2) is 35.1 Å². The lowest BCUT2D eigenvalue weighted by Gasteiger charge is -2.12. The molecule has 2 N–H and O–H groups in total. The van der Waals surface area contributed by atoms with Crippen molar-refractivity contribution in [1.82, 2.24) is 4.72 Å². The first-order valence-electron chi connectivity index (χ1n) is 7.56. The maximum absolute atomic E-state index is 12.3. The number of carbonyl (C=O) groups excluding carboxylic acids is 1. The van der Waals surface area contributed by atoms with Crippen molar-refractivity contribution in [3.8, 4) is 11.5 Å². The third-order valence-corrected chi connectivity index (χ3v) is 5.41. The predicted octanol–water partition coefficient (Wildman–Crippen LogP) is 2.37. The van der Waals surface area contributed by atoms with Crippen molar-refractivity contribution in [3.63, 3.8) is 0 Å². The molecule has 0 aliphatic rings. The van der Waals surface area contributed by atoms with E-state index in [1.807, 2.05) is 12.1 Å². The van der Waals surface area contributed by atoms with Gasteiger partial charge in [0.15, 0.2) is 0 Å². The lowest BCUT2D eigenvalue weighted by molar-refractivity contribution is -0.115. The number of benzene rings is 2. The van der Waals surface area contributed by atoms with Gasteiger partial charge >= 0.3 is 0 Å². The summed E-state index contributed by atoms with van der Waals surface area (Å²) in [7, 11) is -0.782. The summed E-state index contributed by atoms with van der Waals surface area (Å²) in [6, 6.07) is 12.1. The van der Waals surface area contributed by atoms with Crippen LogP contribution in [0.4, 0.5) is 5.69 Å². The fourth-order valence-electron chi connectivity index (χ4n) is 2.16. The summed E-state index contributed by atoms with van der Waals surface area (Å²) >= 11 is 2.15. The summed E-state index contributed by atoms with van der Waals surface area (Å²) in [6.45, 7) is -0.361. The molecular formula is C17H19IN2O5S. The Labute approximate surface area is 166 Å². The second kappa shape index (κ2) is 9.19. The van der Waals surface area contributed by atoms with Crippen LogP contribution in [0.15, 0.2) is 42.5 Å². The fraction of sp³-hybridized carbons (Fsp3) is 0.235. The predicted molar refractivity (Wildman–Crippen MR) is 108 cm³/mol. The maximum Gasteiger partial charge on any atom is 0.239 e. The minimum absolute atomic E-state index is 0.329. The summed E-state index contributed by atoms with van der Waals surface area (Å²) in [5.74, 6) is 0.170. The van der Waals surface area contributed by atoms with Gasteiger partial charge in [0.2, 0.25) is 15.9 Å². The first-order valence-corrected chi connectivity index (χ1v) is 10.3. The quantitative estimate of drug-likeness (QED) is 0.555. The molecule has 2 rings (SSSR count). The van der Waals surface area contributed by atoms with Crippen molar-refractivity contribution in [2.75, 3.05) is 26.1 Å². The van der Waals surface area contributed by atoms with E-state index in [1.165, 1.54) is 14.2 Å². The first-order chi connectivity index (χ1) is 12.3. The number of hydrogen-bond acceptors (Lipinski definition) is 5. The summed E-state index contributed by atoms with van der Waals surface area (Å²) < 4.78 is 38.2. The molecule has 0 aliphatic carbocycles. The van der Waals surface area contributed by atoms with E-state index in [9.17, 15) is 13.2 Å². The number of hydrogen-bond donors (Lipinski definition) is 2. The minimum Gasteiger partial charge on any atom is -0.497 e. The van der Waals surface area contributed by atoms with E-state index in [0.29, 0.717) is 22.7 Å². The molecule has 0 saturated heterocycles. The lowest BCUT2D eigenvalue weighted by Crippen LogP contribution is -2.33. The second-order valence-electron chi connectivity index (χ2n) is 5.31. The molecule has 0 radical (unpaired) electrons. The summed E-state index contributed by atoms with van der Waals surface area (Å²) in [6.07, 6.45) is 0. The van der Waals surface area contributed by atoms with Gasteiger partial charge in [0.1, 0.15) is 11.5 Å². The maximum atomic E-state index is 12.3. The van der Waals surface area contributed by atoms with Crippen molar-refractivity contribution >= 4 is 44.2 Å². The molecule has 2 aromatic rings. The van der Waals surface area contributed by atoms with Crippen LogP contribution in [0.25, 0.3) is 0 Å². The third-order valence-electron chi connectivity index (χ3n) is 3.41. The molecule has 0 bridgehead atoms. The molecule has 7 nitrogen and oxygen atoms in total. The van der Waals surface area contributed by atoms with Crippen molar-refractivity contribution in [3.05, 3.63) is 51.6 Å². The highest BCUT2D eigenvalue weighted by atomic mass is 127. The van der Waals surface area contributed by atoms with Gasteiger partial charge in [0, 0.05) is 14.8 Å². The van der Waals surface area contributed by atoms with Crippen molar-refractivity contribution in [2.45, 2.75) is 5.75 Å². The number of rotatable bonds is 8. The number of sulfonamides is 1. The van der Waals surface area contributed by atoms with Gasteiger partial charge in [-0.05, 0) is 65.1 Å². The molecule has 1 amide bonds. The van der Waals surface area contributed by atoms with Crippen molar-refractivity contribution in [2.24, 2.45) is 0 Å². The molecule has 26 heavy (non-hydrogen) atoms. The zero-order valence-electron chi connectivity index (χ0n) is 14.3. The molecule has 0 saturated carbocycles. The lowest BCUT2D eigenvalue weighted by atomic mass is 10.2. The largest absolute Gasteiger partial charge is 0.497 e. The summed E-state index contributed by atoms with van der Waals surface area (Å²) in [5.41, 5.74) is 1.04. The first kappa shape index (κ1) is 20.5. The molecular weight excluding hydrogens is 471 g/mol. The smallest absolute Gasteiger partial charge is 0.239 e. The monoisotopic (exact) mass is 490 g/mol. The van der Waals surface area contributed by atoms with E-state index in [4.69, 9.17) is 9.47 Å². The Morgan fingerprint density at radius 3 is 2.38 bits per heavy atom. The van der Waals surface area contributed by atoms with E-state index < -0.39 is 15.9 Å². The van der Waals surface area contributed by atoms with E-state index >= 15 is 0 Å². The molecule has 0 atom stereocenters. The Balaban J connectivity index is 1.98. The molecule has 140 valence electrons. The summed E-state index contributed by atoms with van der Waals surface area (Å²) in [4.78, 5) is 11.9. The number of carbonyl (C=O) groups is 1. The Bertz CT molecular complexity index is 869. The van der Waals surface area contributed by atoms with E-state index in [2.05, 4.69) is 32.6 Å². The topological polar surface area (TPSA) is 93.7 Å². The van der Waals surface area contributed by atoms with Crippen LogP contribution in [-0.2, 0) is 20.6 Å². The van der Waals surface area contributed by atoms with Gasteiger partial charge < -0.3 is 14.8 Å². The second-order valence-corrected chi connectivity index (χ2v) is 8.37. The molecule has 0 heterocycles. The zero-order chi connectivity index (χ0) is 19.2. The minimum atomic E-state index is -3.73. The van der Waals surface area contributed by atoms with Crippen LogP contribution in [0, 0.1) is 3.57 Å². The van der Waals surface area contributed by atoms with Crippen LogP contribution >= 0.6 is 22.6 Å². The highest BCUT2D eigenvalue weighted by Crippen LogP contribution is 2.25. The standard InChI is InChI=1S/C17H19IN2O5S/c1-24-15-7-8-16(25-2)12(9-15)11-26(22,23)19-10-17(21)20-14-5-3-13(18)4-6-14/h3-9,19H,10-11H2,1-2H3,(H,20,21). The number of nitrogens with one attached hydrogen (secondary N) is 2. The van der Waals surface area contributed by atoms with Gasteiger partial charge in [0.25, 0.3) is 0 Å². The highest BCUT2D eigenvalue weighted by Gasteiger charge is 2.17. The molecule has 9 heteroatoms. The molecule has 0 unspecified atom stereocenters. The molecule has 0 aromatic heterocycles. The number of methoxy groups -OCH3 is 2. The molecule has 0 fully saturated rings. The van der Waals surface area contributed by atoms with Gasteiger partial charge in [-0.2, -0.15) is 0 Å². The number of halogens is 1. The Morgan fingerprint density at radius 2 is 1.77 bits per heavy atom. The third kappa shape index (κ3) is 6.15. The Hall–Kier alpha value is -1.85. The number of anilines is 1. The average molecular weight is 490 g/mol. The zero-order valence-corrected chi connectivity index (χ0v) is 17.3. The summed E-state index contributed by atoms with van der Waals surface area (Å²) in [5, 5.41) is 2.63. The van der Waals surface area contributed by atoms with E-state index in [-0.39, 0.29) is 12.3 Å². The van der Waals surface area contributed by atoms with E-state index in [1.54, 1.807) is 30.3 Å². The van der Waals surface area contributed by atoms with Gasteiger partial charge in [-0.3, -0.25) is 4.79 Å². The van der Waals surface area contributed by atoms with Crippen LogP contribution < -0.4 is 19.5 Å². The Kier molecular flexibility index (Phi) is 7.23. The van der Waals surface area contributed by atoms with Gasteiger partial charge in [0.05, 0.1) is 26.5 Å². The van der Waals surface area contributed by atoms with Crippen LogP contribution in [0.2, 0.25) is 0 Å². The fourth-order valence-corrected chi connectivity index (χ4v) is 3.61. The van der Waals surface area contributed by atoms with Crippen molar-refractivity contribution < 1.29 is 22.7 Å². The highest BCUT2D eigenvalue weighted by molar-refractivity contribution is 14.1. The SMILES string of the molecule is COc1ccc(OC)c(CS(=O)(=O)NCC(=O)Nc2ccc(I)cc2)c1. The van der Waals surface area contributed by atoms with E-state index in [0.717, 1.165) is 3.57 Å². The Morgan fingerprint density at radius 1 is 1.08 bits per heavy atom. The van der Waals surface area contributed by atoms with Crippen LogP contribution in [0.5, 0.6) is 11.5 Å². The van der Waals surface area contributed by atoms with Gasteiger partial charge in [-0.15, -0.1) is 0 Å². The average Bonchev–Trinajstić information content (AvgIpc) is 2.61. The van der Waals surface area contributed by atoms with Gasteiger partial charge in [-0.25, -0.2) is 13.1 Å². The normalized spacial score (nSPS) is 11.0. The van der Waals surface area contributed by atoms with Crippen LogP contribution in [0.1, 0.15) is 5.56 Å². The number of amides is 1. The van der Waals surface area contributed by atoms with Crippen molar-refractivity contribution in [1.29, 1.82) is 0 Å². The molecule has 0 spiro atoms. The number of ether oxygens (including phenoxy) is 2. The van der Waals surface area contributed by atoms with Gasteiger partial charge in [-0.1, -0.05) is 0 Å². The molecule has 0 aliphatic heterocycles.